The number of anilines is 1. The van der Waals surface area contributed by atoms with Crippen LogP contribution in [0.4, 0.5) is 5.95 Å². The lowest BCUT2D eigenvalue weighted by Crippen LogP contribution is -2.02. The molecule has 6 heteroatoms. The Morgan fingerprint density at radius 2 is 1.77 bits per heavy atom. The largest absolute Gasteiger partial charge is 0.368 e. The molecule has 2 aromatic carbocycles. The summed E-state index contributed by atoms with van der Waals surface area (Å²) in [6.07, 6.45) is 2.04. The Labute approximate surface area is 131 Å². The van der Waals surface area contributed by atoms with Crippen molar-refractivity contribution in [2.45, 2.75) is 4.90 Å². The van der Waals surface area contributed by atoms with Gasteiger partial charge in [0.1, 0.15) is 0 Å². The minimum absolute atomic E-state index is 0.342. The zero-order chi connectivity index (χ0) is 15.1. The topological polar surface area (TPSA) is 69.1 Å². The van der Waals surface area contributed by atoms with Crippen LogP contribution < -0.4 is 5.73 Å². The summed E-state index contributed by atoms with van der Waals surface area (Å²) in [7, 11) is 0. The summed E-state index contributed by atoms with van der Waals surface area (Å²) in [6.45, 7) is 0. The van der Waals surface area contributed by atoms with Crippen molar-refractivity contribution in [3.8, 4) is 11.4 Å². The highest BCUT2D eigenvalue weighted by atomic mass is 32.2. The molecule has 0 bridgehead atoms. The summed E-state index contributed by atoms with van der Waals surface area (Å²) < 4.78 is 1.61. The molecule has 4 rings (SSSR count). The molecular weight excluding hydrogens is 294 g/mol. The summed E-state index contributed by atoms with van der Waals surface area (Å²) in [4.78, 5) is 10.2. The fourth-order valence-corrected chi connectivity index (χ4v) is 3.11. The van der Waals surface area contributed by atoms with Crippen LogP contribution in [0.5, 0.6) is 0 Å². The normalized spacial score (nSPS) is 11.3. The van der Waals surface area contributed by atoms with Crippen LogP contribution in [0.3, 0.4) is 0 Å². The van der Waals surface area contributed by atoms with Crippen molar-refractivity contribution in [1.82, 2.24) is 19.6 Å². The molecule has 22 heavy (non-hydrogen) atoms. The summed E-state index contributed by atoms with van der Waals surface area (Å²) >= 11 is 1.67. The molecule has 0 aliphatic heterocycles. The van der Waals surface area contributed by atoms with Crippen molar-refractivity contribution in [1.29, 1.82) is 0 Å². The van der Waals surface area contributed by atoms with Crippen molar-refractivity contribution in [3.05, 3.63) is 48.5 Å². The lowest BCUT2D eigenvalue weighted by atomic mass is 10.2. The molecule has 4 aromatic rings. The maximum absolute atomic E-state index is 6.03. The minimum atomic E-state index is 0.342. The quantitative estimate of drug-likeness (QED) is 0.576. The number of aromatic nitrogens is 4. The molecule has 108 valence electrons. The Morgan fingerprint density at radius 3 is 2.64 bits per heavy atom. The van der Waals surface area contributed by atoms with Crippen molar-refractivity contribution in [3.63, 3.8) is 0 Å². The monoisotopic (exact) mass is 307 g/mol. The van der Waals surface area contributed by atoms with Gasteiger partial charge in [0.05, 0.1) is 5.52 Å². The van der Waals surface area contributed by atoms with E-state index in [-0.39, 0.29) is 0 Å². The molecule has 0 spiro atoms. The van der Waals surface area contributed by atoms with Crippen LogP contribution in [0.15, 0.2) is 53.4 Å². The van der Waals surface area contributed by atoms with Gasteiger partial charge in [-0.2, -0.15) is 4.52 Å². The van der Waals surface area contributed by atoms with Crippen LogP contribution in [-0.4, -0.2) is 25.8 Å². The first-order valence-electron chi connectivity index (χ1n) is 6.82. The second-order valence-corrected chi connectivity index (χ2v) is 5.71. The molecule has 2 N–H and O–H groups in total. The van der Waals surface area contributed by atoms with Crippen LogP contribution in [0, 0.1) is 0 Å². The highest BCUT2D eigenvalue weighted by molar-refractivity contribution is 7.98. The number of hydrogen-bond donors (Lipinski definition) is 1. The van der Waals surface area contributed by atoms with Crippen molar-refractivity contribution >= 4 is 34.3 Å². The molecule has 5 nitrogen and oxygen atoms in total. The fourth-order valence-electron chi connectivity index (χ4n) is 2.52. The molecule has 0 radical (unpaired) electrons. The van der Waals surface area contributed by atoms with Gasteiger partial charge in [-0.1, -0.05) is 24.3 Å². The predicted octanol–water partition coefficient (Wildman–Crippen LogP) is 3.25. The molecule has 0 amide bonds. The molecule has 0 unspecified atom stereocenters. The smallest absolute Gasteiger partial charge is 0.223 e. The third kappa shape index (κ3) is 1.92. The number of benzene rings is 2. The van der Waals surface area contributed by atoms with Gasteiger partial charge >= 0.3 is 0 Å². The van der Waals surface area contributed by atoms with Crippen molar-refractivity contribution in [2.75, 3.05) is 12.0 Å². The van der Waals surface area contributed by atoms with Gasteiger partial charge in [-0.05, 0) is 30.5 Å². The first-order valence-corrected chi connectivity index (χ1v) is 8.05. The number of nitrogens with zero attached hydrogens (tertiary/aromatic N) is 4. The molecule has 0 fully saturated rings. The van der Waals surface area contributed by atoms with E-state index < -0.39 is 0 Å². The highest BCUT2D eigenvalue weighted by Crippen LogP contribution is 2.29. The molecule has 0 saturated heterocycles. The minimum Gasteiger partial charge on any atom is -0.368 e. The number of nitrogen functional groups attached to an aromatic ring is 1. The SMILES string of the molecule is CSc1ccccc1-c1nc2c3ccccc3nc(N)n2n1. The molecule has 0 aliphatic rings. The molecular formula is C16H13N5S. The number of rotatable bonds is 2. The van der Waals surface area contributed by atoms with Crippen LogP contribution >= 0.6 is 11.8 Å². The Hall–Kier alpha value is -2.60. The van der Waals surface area contributed by atoms with Crippen LogP contribution in [-0.2, 0) is 0 Å². The van der Waals surface area contributed by atoms with E-state index in [2.05, 4.69) is 16.1 Å². The number of fused-ring (bicyclic) bond motifs is 3. The van der Waals surface area contributed by atoms with E-state index in [0.29, 0.717) is 11.8 Å². The number of thioether (sulfide) groups is 1. The summed E-state index contributed by atoms with van der Waals surface area (Å²) in [6, 6.07) is 15.9. The van der Waals surface area contributed by atoms with E-state index in [1.165, 1.54) is 0 Å². The van der Waals surface area contributed by atoms with E-state index >= 15 is 0 Å². The van der Waals surface area contributed by atoms with Gasteiger partial charge in [0.15, 0.2) is 11.5 Å². The molecule has 0 saturated carbocycles. The summed E-state index contributed by atoms with van der Waals surface area (Å²) in [5, 5.41) is 5.49. The lowest BCUT2D eigenvalue weighted by Gasteiger charge is -2.01. The first-order chi connectivity index (χ1) is 10.8. The Bertz CT molecular complexity index is 992. The summed E-state index contributed by atoms with van der Waals surface area (Å²) in [5.74, 6) is 1.00. The third-order valence-electron chi connectivity index (χ3n) is 3.55. The van der Waals surface area contributed by atoms with Gasteiger partial charge in [-0.15, -0.1) is 16.9 Å². The number of hydrogen-bond acceptors (Lipinski definition) is 5. The van der Waals surface area contributed by atoms with Gasteiger partial charge in [-0.3, -0.25) is 0 Å². The molecule has 0 atom stereocenters. The second kappa shape index (κ2) is 4.99. The Kier molecular flexibility index (Phi) is 2.97. The van der Waals surface area contributed by atoms with Gasteiger partial charge < -0.3 is 5.73 Å². The first kappa shape index (κ1) is 13.1. The van der Waals surface area contributed by atoms with Crippen LogP contribution in [0.2, 0.25) is 0 Å². The Morgan fingerprint density at radius 1 is 1.00 bits per heavy atom. The zero-order valence-corrected chi connectivity index (χ0v) is 12.7. The van der Waals surface area contributed by atoms with E-state index in [1.807, 2.05) is 48.7 Å². The summed E-state index contributed by atoms with van der Waals surface area (Å²) in [5.41, 5.74) is 8.58. The third-order valence-corrected chi connectivity index (χ3v) is 4.35. The second-order valence-electron chi connectivity index (χ2n) is 4.86. The maximum atomic E-state index is 6.03. The average molecular weight is 307 g/mol. The van der Waals surface area contributed by atoms with Crippen LogP contribution in [0.1, 0.15) is 0 Å². The maximum Gasteiger partial charge on any atom is 0.223 e. The standard InChI is InChI=1S/C16H13N5S/c1-22-13-9-5-3-7-11(13)14-19-15-10-6-2-4-8-12(10)18-16(17)21(15)20-14/h2-9H,1H3,(H2,17,18). The number of para-hydroxylation sites is 1. The van der Waals surface area contributed by atoms with E-state index in [0.717, 1.165) is 27.0 Å². The average Bonchev–Trinajstić information content (AvgIpc) is 3.01. The van der Waals surface area contributed by atoms with Crippen molar-refractivity contribution in [2.24, 2.45) is 0 Å². The van der Waals surface area contributed by atoms with Gasteiger partial charge in [0, 0.05) is 15.8 Å². The fraction of sp³-hybridized carbons (Fsp3) is 0.0625. The molecule has 2 heterocycles. The zero-order valence-electron chi connectivity index (χ0n) is 11.9. The molecule has 0 aliphatic carbocycles. The predicted molar refractivity (Wildman–Crippen MR) is 89.9 cm³/mol. The van der Waals surface area contributed by atoms with Crippen molar-refractivity contribution < 1.29 is 0 Å². The van der Waals surface area contributed by atoms with Gasteiger partial charge in [0.25, 0.3) is 0 Å². The van der Waals surface area contributed by atoms with E-state index in [9.17, 15) is 0 Å². The highest BCUT2D eigenvalue weighted by Gasteiger charge is 2.14. The van der Waals surface area contributed by atoms with Gasteiger partial charge in [-0.25, -0.2) is 9.97 Å². The van der Waals surface area contributed by atoms with Crippen LogP contribution in [0.25, 0.3) is 27.9 Å². The van der Waals surface area contributed by atoms with Gasteiger partial charge in [0.2, 0.25) is 5.95 Å². The van der Waals surface area contributed by atoms with E-state index in [1.54, 1.807) is 16.3 Å². The Balaban J connectivity index is 2.05. The van der Waals surface area contributed by atoms with E-state index in [4.69, 9.17) is 10.7 Å². The lowest BCUT2D eigenvalue weighted by molar-refractivity contribution is 0.953. The molecule has 2 aromatic heterocycles. The number of nitrogens with two attached hydrogens (primary N) is 1.